The van der Waals surface area contributed by atoms with E-state index in [4.69, 9.17) is 16.3 Å². The minimum absolute atomic E-state index is 0.0192. The van der Waals surface area contributed by atoms with Gasteiger partial charge in [-0.25, -0.2) is 8.42 Å². The molecule has 0 aromatic heterocycles. The van der Waals surface area contributed by atoms with Gasteiger partial charge in [0, 0.05) is 24.0 Å². The van der Waals surface area contributed by atoms with E-state index in [1.54, 1.807) is 43.5 Å². The Kier molecular flexibility index (Phi) is 11.8. The molecule has 0 aliphatic heterocycles. The lowest BCUT2D eigenvalue weighted by atomic mass is 9.94. The topological polar surface area (TPSA) is 96.0 Å². The number of nitrogens with zero attached hydrogens (tertiary/aromatic N) is 2. The quantitative estimate of drug-likeness (QED) is 0.164. The van der Waals surface area contributed by atoms with Gasteiger partial charge in [0.05, 0.1) is 17.7 Å². The molecule has 0 saturated heterocycles. The molecule has 1 atom stereocenters. The summed E-state index contributed by atoms with van der Waals surface area (Å²) in [6.07, 6.45) is 5.22. The average molecular weight is 688 g/mol. The van der Waals surface area contributed by atoms with Crippen molar-refractivity contribution in [1.82, 2.24) is 10.2 Å². The number of nitrogens with one attached hydrogen (secondary N) is 1. The van der Waals surface area contributed by atoms with Crippen LogP contribution in [0, 0.1) is 6.92 Å². The molecule has 0 bridgehead atoms. The Hall–Kier alpha value is -4.34. The molecular weight excluding hydrogens is 646 g/mol. The number of sulfonamides is 1. The van der Waals surface area contributed by atoms with Gasteiger partial charge < -0.3 is 15.0 Å². The summed E-state index contributed by atoms with van der Waals surface area (Å²) in [7, 11) is -2.63. The largest absolute Gasteiger partial charge is 0.497 e. The molecule has 8 nitrogen and oxygen atoms in total. The summed E-state index contributed by atoms with van der Waals surface area (Å²) >= 11 is 6.17. The number of carbonyl (C=O) groups is 2. The first-order valence-corrected chi connectivity index (χ1v) is 18.1. The van der Waals surface area contributed by atoms with Crippen molar-refractivity contribution in [3.63, 3.8) is 0 Å². The van der Waals surface area contributed by atoms with Crippen LogP contribution >= 0.6 is 11.6 Å². The van der Waals surface area contributed by atoms with E-state index in [9.17, 15) is 18.0 Å². The van der Waals surface area contributed by atoms with Crippen LogP contribution in [0.25, 0.3) is 0 Å². The van der Waals surface area contributed by atoms with Crippen LogP contribution in [-0.2, 0) is 32.6 Å². The zero-order valence-corrected chi connectivity index (χ0v) is 28.9. The van der Waals surface area contributed by atoms with Gasteiger partial charge in [0.2, 0.25) is 11.8 Å². The Bertz CT molecular complexity index is 1780. The van der Waals surface area contributed by atoms with E-state index in [0.717, 1.165) is 53.1 Å². The van der Waals surface area contributed by atoms with E-state index in [2.05, 4.69) is 5.32 Å². The van der Waals surface area contributed by atoms with Gasteiger partial charge in [-0.05, 0) is 79.4 Å². The molecular formula is C38H42ClN3O5S. The molecule has 4 aromatic carbocycles. The molecule has 48 heavy (non-hydrogen) atoms. The molecule has 1 saturated carbocycles. The molecule has 1 aliphatic rings. The minimum atomic E-state index is -4.20. The van der Waals surface area contributed by atoms with Crippen LogP contribution in [0.4, 0.5) is 5.69 Å². The summed E-state index contributed by atoms with van der Waals surface area (Å²) in [5.74, 6) is -0.180. The second-order valence-electron chi connectivity index (χ2n) is 12.2. The molecule has 0 radical (unpaired) electrons. The fourth-order valence-electron chi connectivity index (χ4n) is 6.04. The Morgan fingerprint density at radius 1 is 0.875 bits per heavy atom. The SMILES string of the molecule is COc1cccc(CN(C(=O)CN(c2ccc(Cl)cc2)S(=O)(=O)c2ccc(C)cc2)[C@@H](Cc2ccccc2)C(=O)NC2CCCCC2)c1. The van der Waals surface area contributed by atoms with Gasteiger partial charge in [-0.3, -0.25) is 13.9 Å². The fourth-order valence-corrected chi connectivity index (χ4v) is 7.58. The van der Waals surface area contributed by atoms with E-state index in [1.807, 2.05) is 61.5 Å². The number of hydrogen-bond acceptors (Lipinski definition) is 5. The number of benzene rings is 4. The third-order valence-electron chi connectivity index (χ3n) is 8.71. The van der Waals surface area contributed by atoms with Crippen LogP contribution in [0.3, 0.4) is 0 Å². The van der Waals surface area contributed by atoms with Gasteiger partial charge in [0.1, 0.15) is 18.3 Å². The molecule has 1 aliphatic carbocycles. The lowest BCUT2D eigenvalue weighted by Crippen LogP contribution is -2.55. The number of methoxy groups -OCH3 is 1. The number of halogens is 1. The van der Waals surface area contributed by atoms with Crippen molar-refractivity contribution < 1.29 is 22.7 Å². The van der Waals surface area contributed by atoms with Gasteiger partial charge in [-0.1, -0.05) is 91.0 Å². The molecule has 1 fully saturated rings. The molecule has 0 heterocycles. The Balaban J connectivity index is 1.57. The molecule has 10 heteroatoms. The standard InChI is InChI=1S/C38H42ClN3O5S/c1-28-16-22-35(23-17-28)48(45,46)42(33-20-18-31(39)19-21-33)27-37(43)41(26-30-12-9-15-34(24-30)47-2)36(25-29-10-5-3-6-11-29)38(44)40-32-13-7-4-8-14-32/h3,5-6,9-12,15-24,32,36H,4,7-8,13-14,25-27H2,1-2H3,(H,40,44)/t36-/m0/s1. The fraction of sp³-hybridized carbons (Fsp3) is 0.316. The van der Waals surface area contributed by atoms with Gasteiger partial charge in [0.25, 0.3) is 10.0 Å². The Morgan fingerprint density at radius 3 is 2.21 bits per heavy atom. The van der Waals surface area contributed by atoms with Crippen LogP contribution in [0.15, 0.2) is 108 Å². The highest BCUT2D eigenvalue weighted by molar-refractivity contribution is 7.92. The summed E-state index contributed by atoms with van der Waals surface area (Å²) in [6.45, 7) is 1.40. The van der Waals surface area contributed by atoms with Crippen molar-refractivity contribution in [1.29, 1.82) is 0 Å². The zero-order valence-electron chi connectivity index (χ0n) is 27.3. The summed E-state index contributed by atoms with van der Waals surface area (Å²) in [5, 5.41) is 3.66. The number of ether oxygens (including phenoxy) is 1. The number of rotatable bonds is 13. The van der Waals surface area contributed by atoms with E-state index < -0.39 is 28.5 Å². The minimum Gasteiger partial charge on any atom is -0.497 e. The third-order valence-corrected chi connectivity index (χ3v) is 10.8. The van der Waals surface area contributed by atoms with E-state index in [1.165, 1.54) is 17.0 Å². The second-order valence-corrected chi connectivity index (χ2v) is 14.5. The smallest absolute Gasteiger partial charge is 0.264 e. The number of anilines is 1. The molecule has 2 amide bonds. The van der Waals surface area contributed by atoms with E-state index in [-0.39, 0.29) is 35.5 Å². The number of hydrogen-bond donors (Lipinski definition) is 1. The van der Waals surface area contributed by atoms with Crippen molar-refractivity contribution in [3.8, 4) is 5.75 Å². The number of amides is 2. The van der Waals surface area contributed by atoms with Crippen LogP contribution in [0.1, 0.15) is 48.8 Å². The summed E-state index contributed by atoms with van der Waals surface area (Å²) in [4.78, 5) is 30.5. The second kappa shape index (κ2) is 16.2. The predicted octanol–water partition coefficient (Wildman–Crippen LogP) is 6.94. The van der Waals surface area contributed by atoms with Crippen molar-refractivity contribution in [3.05, 3.63) is 125 Å². The molecule has 0 spiro atoms. The molecule has 252 valence electrons. The first-order chi connectivity index (χ1) is 23.1. The van der Waals surface area contributed by atoms with Gasteiger partial charge in [0.15, 0.2) is 0 Å². The Morgan fingerprint density at radius 2 is 1.54 bits per heavy atom. The van der Waals surface area contributed by atoms with Crippen LogP contribution in [0.2, 0.25) is 5.02 Å². The molecule has 4 aromatic rings. The number of carbonyl (C=O) groups excluding carboxylic acids is 2. The highest BCUT2D eigenvalue weighted by Crippen LogP contribution is 2.27. The average Bonchev–Trinajstić information content (AvgIpc) is 3.10. The van der Waals surface area contributed by atoms with Crippen LogP contribution < -0.4 is 14.4 Å². The zero-order chi connectivity index (χ0) is 34.1. The lowest BCUT2D eigenvalue weighted by molar-refractivity contribution is -0.140. The molecule has 1 N–H and O–H groups in total. The number of aryl methyl sites for hydroxylation is 1. The van der Waals surface area contributed by atoms with E-state index >= 15 is 0 Å². The first kappa shape index (κ1) is 35.0. The van der Waals surface area contributed by atoms with Crippen LogP contribution in [0.5, 0.6) is 5.75 Å². The molecule has 0 unspecified atom stereocenters. The maximum Gasteiger partial charge on any atom is 0.264 e. The van der Waals surface area contributed by atoms with Gasteiger partial charge >= 0.3 is 0 Å². The Labute approximate surface area is 288 Å². The van der Waals surface area contributed by atoms with Crippen molar-refractivity contribution in [2.75, 3.05) is 18.0 Å². The summed E-state index contributed by atoms with van der Waals surface area (Å²) in [6, 6.07) is 28.8. The van der Waals surface area contributed by atoms with Crippen molar-refractivity contribution >= 4 is 39.1 Å². The van der Waals surface area contributed by atoms with Gasteiger partial charge in [-0.2, -0.15) is 0 Å². The predicted molar refractivity (Wildman–Crippen MR) is 190 cm³/mol. The summed E-state index contributed by atoms with van der Waals surface area (Å²) in [5.41, 5.74) is 2.80. The monoisotopic (exact) mass is 687 g/mol. The third kappa shape index (κ3) is 8.96. The van der Waals surface area contributed by atoms with Crippen molar-refractivity contribution in [2.45, 2.75) is 69.0 Å². The maximum atomic E-state index is 14.7. The summed E-state index contributed by atoms with van der Waals surface area (Å²) < 4.78 is 35.0. The highest BCUT2D eigenvalue weighted by atomic mass is 35.5. The van der Waals surface area contributed by atoms with Crippen molar-refractivity contribution in [2.24, 2.45) is 0 Å². The van der Waals surface area contributed by atoms with E-state index in [0.29, 0.717) is 10.8 Å². The van der Waals surface area contributed by atoms with Crippen LogP contribution in [-0.4, -0.2) is 50.9 Å². The lowest BCUT2D eigenvalue weighted by Gasteiger charge is -2.35. The maximum absolute atomic E-state index is 14.7. The highest BCUT2D eigenvalue weighted by Gasteiger charge is 2.35. The molecule has 5 rings (SSSR count). The normalized spacial score (nSPS) is 14.1. The van der Waals surface area contributed by atoms with Gasteiger partial charge in [-0.15, -0.1) is 0 Å². The first-order valence-electron chi connectivity index (χ1n) is 16.3.